The van der Waals surface area contributed by atoms with Crippen molar-refractivity contribution in [2.45, 2.75) is 25.9 Å². The lowest BCUT2D eigenvalue weighted by Gasteiger charge is -2.13. The summed E-state index contributed by atoms with van der Waals surface area (Å²) in [5.41, 5.74) is 0.864. The number of esters is 1. The van der Waals surface area contributed by atoms with Crippen molar-refractivity contribution in [3.05, 3.63) is 59.4 Å². The first-order valence-corrected chi connectivity index (χ1v) is 8.04. The zero-order valence-electron chi connectivity index (χ0n) is 13.6. The van der Waals surface area contributed by atoms with E-state index in [-0.39, 0.29) is 23.8 Å². The average molecular weight is 361 g/mol. The Morgan fingerprint density at radius 3 is 2.52 bits per heavy atom. The molecule has 1 atom stereocenters. The average Bonchev–Trinajstić information content (AvgIpc) is 2.62. The Morgan fingerprint density at radius 1 is 1.12 bits per heavy atom. The highest BCUT2D eigenvalue weighted by Crippen LogP contribution is 2.18. The maximum atomic E-state index is 12.0. The fourth-order valence-corrected chi connectivity index (χ4v) is 2.17. The van der Waals surface area contributed by atoms with E-state index in [1.165, 1.54) is 13.1 Å². The molecule has 2 rings (SSSR count). The van der Waals surface area contributed by atoms with Crippen LogP contribution < -0.4 is 5.32 Å². The molecule has 0 aliphatic rings. The normalized spacial score (nSPS) is 11.4. The van der Waals surface area contributed by atoms with Crippen molar-refractivity contribution in [2.75, 3.05) is 5.32 Å². The number of anilines is 1. The van der Waals surface area contributed by atoms with Crippen LogP contribution in [0.2, 0.25) is 5.15 Å². The van der Waals surface area contributed by atoms with Crippen LogP contribution in [0.25, 0.3) is 0 Å². The molecule has 0 spiro atoms. The summed E-state index contributed by atoms with van der Waals surface area (Å²) in [6.45, 7) is 1.44. The molecule has 25 heavy (non-hydrogen) atoms. The molecule has 2 aromatic rings. The summed E-state index contributed by atoms with van der Waals surface area (Å²) in [6.07, 6.45) is 0.395. The lowest BCUT2D eigenvalue weighted by molar-refractivity contribution is -0.153. The van der Waals surface area contributed by atoms with Gasteiger partial charge in [0.05, 0.1) is 12.1 Å². The van der Waals surface area contributed by atoms with Crippen LogP contribution >= 0.6 is 11.6 Å². The van der Waals surface area contributed by atoms with Gasteiger partial charge in [-0.25, -0.2) is 4.98 Å². The first kappa shape index (κ1) is 18.6. The molecule has 0 saturated carbocycles. The van der Waals surface area contributed by atoms with E-state index in [1.807, 2.05) is 0 Å². The molecule has 1 aromatic heterocycles. The number of nitrogens with one attached hydrogen (secondary N) is 1. The van der Waals surface area contributed by atoms with E-state index < -0.39 is 18.0 Å². The van der Waals surface area contributed by atoms with Crippen LogP contribution in [0.15, 0.2) is 48.7 Å². The van der Waals surface area contributed by atoms with Gasteiger partial charge in [0.25, 0.3) is 5.91 Å². The molecule has 1 heterocycles. The minimum Gasteiger partial charge on any atom is -0.453 e. The highest BCUT2D eigenvalue weighted by molar-refractivity contribution is 6.32. The van der Waals surface area contributed by atoms with Crippen molar-refractivity contribution in [3.8, 4) is 0 Å². The first-order valence-electron chi connectivity index (χ1n) is 7.66. The van der Waals surface area contributed by atoms with Gasteiger partial charge in [0.2, 0.25) is 0 Å². The second-order valence-corrected chi connectivity index (χ2v) is 5.61. The molecule has 130 valence electrons. The summed E-state index contributed by atoms with van der Waals surface area (Å²) in [5.74, 6) is -1.31. The minimum atomic E-state index is -1.02. The molecule has 0 aliphatic heterocycles. The van der Waals surface area contributed by atoms with Gasteiger partial charge >= 0.3 is 5.97 Å². The molecule has 0 radical (unpaired) electrons. The van der Waals surface area contributed by atoms with Crippen LogP contribution in [0.4, 0.5) is 5.69 Å². The summed E-state index contributed by atoms with van der Waals surface area (Å²) in [5, 5.41) is 2.67. The van der Waals surface area contributed by atoms with Gasteiger partial charge < -0.3 is 10.1 Å². The second kappa shape index (κ2) is 8.94. The number of benzene rings is 1. The summed E-state index contributed by atoms with van der Waals surface area (Å²) in [6, 6.07) is 11.9. The van der Waals surface area contributed by atoms with E-state index in [0.29, 0.717) is 11.3 Å². The summed E-state index contributed by atoms with van der Waals surface area (Å²) >= 11 is 5.85. The first-order chi connectivity index (χ1) is 12.0. The summed E-state index contributed by atoms with van der Waals surface area (Å²) < 4.78 is 5.04. The Bertz CT molecular complexity index is 765. The molecule has 7 heteroatoms. The van der Waals surface area contributed by atoms with Crippen LogP contribution in [-0.2, 0) is 14.3 Å². The van der Waals surface area contributed by atoms with Crippen molar-refractivity contribution in [1.82, 2.24) is 4.98 Å². The number of aromatic nitrogens is 1. The van der Waals surface area contributed by atoms with Crippen LogP contribution in [0.1, 0.15) is 30.1 Å². The maximum absolute atomic E-state index is 12.0. The standard InChI is InChI=1S/C18H17ClN2O4/c1-12(18(24)21-14-8-5-11-20-17(14)19)25-16(23)10-9-15(22)13-6-3-2-4-7-13/h2-8,11-12H,9-10H2,1H3,(H,21,24)/t12-/m0/s1. The molecule has 6 nitrogen and oxygen atoms in total. The van der Waals surface area contributed by atoms with E-state index in [0.717, 1.165) is 0 Å². The van der Waals surface area contributed by atoms with Gasteiger partial charge in [0.1, 0.15) is 0 Å². The Kier molecular flexibility index (Phi) is 6.65. The van der Waals surface area contributed by atoms with E-state index in [9.17, 15) is 14.4 Å². The number of pyridine rings is 1. The van der Waals surface area contributed by atoms with Crippen molar-refractivity contribution in [3.63, 3.8) is 0 Å². The lowest BCUT2D eigenvalue weighted by Crippen LogP contribution is -2.30. The topological polar surface area (TPSA) is 85.4 Å². The molecule has 0 fully saturated rings. The fraction of sp³-hybridized carbons (Fsp3) is 0.222. The summed E-state index contributed by atoms with van der Waals surface area (Å²) in [4.78, 5) is 39.6. The third-order valence-electron chi connectivity index (χ3n) is 3.35. The van der Waals surface area contributed by atoms with E-state index in [4.69, 9.17) is 16.3 Å². The van der Waals surface area contributed by atoms with Crippen molar-refractivity contribution in [2.24, 2.45) is 0 Å². The number of hydrogen-bond donors (Lipinski definition) is 1. The van der Waals surface area contributed by atoms with Crippen molar-refractivity contribution >= 4 is 34.9 Å². The van der Waals surface area contributed by atoms with Gasteiger partial charge in [-0.1, -0.05) is 41.9 Å². The third kappa shape index (κ3) is 5.69. The van der Waals surface area contributed by atoms with Gasteiger partial charge in [-0.05, 0) is 19.1 Å². The second-order valence-electron chi connectivity index (χ2n) is 5.25. The Morgan fingerprint density at radius 2 is 1.84 bits per heavy atom. The molecular formula is C18H17ClN2O4. The van der Waals surface area contributed by atoms with E-state index in [1.54, 1.807) is 42.5 Å². The van der Waals surface area contributed by atoms with Gasteiger partial charge in [-0.15, -0.1) is 0 Å². The molecule has 1 N–H and O–H groups in total. The number of amides is 1. The highest BCUT2D eigenvalue weighted by atomic mass is 35.5. The minimum absolute atomic E-state index is 0.0195. The van der Waals surface area contributed by atoms with Gasteiger partial charge in [-0.2, -0.15) is 0 Å². The molecule has 1 amide bonds. The summed E-state index contributed by atoms with van der Waals surface area (Å²) in [7, 11) is 0. The number of ether oxygens (including phenoxy) is 1. The fourth-order valence-electron chi connectivity index (χ4n) is 2.01. The van der Waals surface area contributed by atoms with Crippen molar-refractivity contribution < 1.29 is 19.1 Å². The molecule has 0 unspecified atom stereocenters. The van der Waals surface area contributed by atoms with Crippen LogP contribution in [0.5, 0.6) is 0 Å². The number of hydrogen-bond acceptors (Lipinski definition) is 5. The van der Waals surface area contributed by atoms with E-state index >= 15 is 0 Å². The van der Waals surface area contributed by atoms with E-state index in [2.05, 4.69) is 10.3 Å². The van der Waals surface area contributed by atoms with Gasteiger partial charge in [0.15, 0.2) is 17.0 Å². The maximum Gasteiger partial charge on any atom is 0.307 e. The Balaban J connectivity index is 1.80. The van der Waals surface area contributed by atoms with Crippen LogP contribution in [0.3, 0.4) is 0 Å². The highest BCUT2D eigenvalue weighted by Gasteiger charge is 2.19. The largest absolute Gasteiger partial charge is 0.453 e. The Labute approximate surface area is 150 Å². The van der Waals surface area contributed by atoms with Gasteiger partial charge in [0, 0.05) is 18.2 Å². The van der Waals surface area contributed by atoms with Gasteiger partial charge in [-0.3, -0.25) is 14.4 Å². The van der Waals surface area contributed by atoms with Crippen LogP contribution in [0, 0.1) is 0 Å². The van der Waals surface area contributed by atoms with Crippen molar-refractivity contribution in [1.29, 1.82) is 0 Å². The molecule has 0 bridgehead atoms. The predicted octanol–water partition coefficient (Wildman–Crippen LogP) is 3.27. The quantitative estimate of drug-likeness (QED) is 0.465. The number of rotatable bonds is 7. The third-order valence-corrected chi connectivity index (χ3v) is 3.65. The van der Waals surface area contributed by atoms with Crippen LogP contribution in [-0.4, -0.2) is 28.7 Å². The Hall–Kier alpha value is -2.73. The number of ketones is 1. The lowest BCUT2D eigenvalue weighted by atomic mass is 10.1. The molecule has 0 saturated heterocycles. The number of halogens is 1. The molecule has 1 aromatic carbocycles. The SMILES string of the molecule is C[C@H](OC(=O)CCC(=O)c1ccccc1)C(=O)Nc1cccnc1Cl. The number of carbonyl (C=O) groups excluding carboxylic acids is 3. The number of carbonyl (C=O) groups is 3. The predicted molar refractivity (Wildman–Crippen MR) is 93.4 cm³/mol. The molecule has 0 aliphatic carbocycles. The zero-order chi connectivity index (χ0) is 18.2. The monoisotopic (exact) mass is 360 g/mol. The zero-order valence-corrected chi connectivity index (χ0v) is 14.3. The number of Topliss-reactive ketones (excluding diaryl/α,β-unsaturated/α-hetero) is 1. The smallest absolute Gasteiger partial charge is 0.307 e. The molecular weight excluding hydrogens is 344 g/mol. The number of nitrogens with zero attached hydrogens (tertiary/aromatic N) is 1.